The monoisotopic (exact) mass is 253 g/mol. The third-order valence-electron chi connectivity index (χ3n) is 3.29. The predicted octanol–water partition coefficient (Wildman–Crippen LogP) is 0.387. The Morgan fingerprint density at radius 2 is 2.28 bits per heavy atom. The number of ether oxygens (including phenoxy) is 3. The maximum Gasteiger partial charge on any atom is 0.255 e. The number of hydrogen-bond donors (Lipinski definition) is 0. The van der Waals surface area contributed by atoms with Crippen molar-refractivity contribution >= 4 is 5.91 Å². The van der Waals surface area contributed by atoms with Gasteiger partial charge in [-0.2, -0.15) is 0 Å². The van der Waals surface area contributed by atoms with Gasteiger partial charge < -0.3 is 19.1 Å². The van der Waals surface area contributed by atoms with Crippen molar-refractivity contribution in [1.29, 1.82) is 0 Å². The van der Waals surface area contributed by atoms with E-state index in [1.165, 1.54) is 0 Å². The van der Waals surface area contributed by atoms with Crippen LogP contribution in [0, 0.1) is 11.8 Å². The molecule has 2 aliphatic heterocycles. The number of carbonyl (C=O) groups excluding carboxylic acids is 1. The van der Waals surface area contributed by atoms with Gasteiger partial charge in [-0.25, -0.2) is 0 Å². The Hall–Kier alpha value is -1.09. The van der Waals surface area contributed by atoms with Gasteiger partial charge in [0.15, 0.2) is 11.9 Å². The summed E-state index contributed by atoms with van der Waals surface area (Å²) in [6.45, 7) is 6.38. The molecular formula is C13H19NO4. The van der Waals surface area contributed by atoms with Crippen molar-refractivity contribution in [2.45, 2.75) is 44.8 Å². The smallest absolute Gasteiger partial charge is 0.255 e. The fourth-order valence-corrected chi connectivity index (χ4v) is 2.40. The molecule has 100 valence electrons. The van der Waals surface area contributed by atoms with E-state index in [1.54, 1.807) is 18.9 Å². The Labute approximate surface area is 107 Å². The van der Waals surface area contributed by atoms with Crippen molar-refractivity contribution in [2.75, 3.05) is 20.3 Å². The van der Waals surface area contributed by atoms with Crippen molar-refractivity contribution in [3.05, 3.63) is 0 Å². The van der Waals surface area contributed by atoms with Crippen LogP contribution >= 0.6 is 0 Å². The molecule has 2 fully saturated rings. The summed E-state index contributed by atoms with van der Waals surface area (Å²) in [5.41, 5.74) is 0. The minimum atomic E-state index is -0.594. The zero-order valence-electron chi connectivity index (χ0n) is 11.2. The van der Waals surface area contributed by atoms with Gasteiger partial charge in [0.25, 0.3) is 5.91 Å². The van der Waals surface area contributed by atoms with Crippen LogP contribution in [0.1, 0.15) is 20.8 Å². The lowest BCUT2D eigenvalue weighted by atomic mass is 9.92. The lowest BCUT2D eigenvalue weighted by Gasteiger charge is -2.47. The maximum atomic E-state index is 11.9. The molecule has 2 rings (SSSR count). The summed E-state index contributed by atoms with van der Waals surface area (Å²) in [6.07, 6.45) is -0.590. The second-order valence-electron chi connectivity index (χ2n) is 4.91. The molecule has 0 bridgehead atoms. The first-order valence-electron chi connectivity index (χ1n) is 6.05. The van der Waals surface area contributed by atoms with Gasteiger partial charge in [0, 0.05) is 7.11 Å². The summed E-state index contributed by atoms with van der Waals surface area (Å²) in [6, 6.07) is -0.106. The lowest BCUT2D eigenvalue weighted by molar-refractivity contribution is -0.191. The van der Waals surface area contributed by atoms with Crippen molar-refractivity contribution in [3.8, 4) is 11.8 Å². The minimum Gasteiger partial charge on any atom is -0.369 e. The number of rotatable bonds is 3. The zero-order chi connectivity index (χ0) is 13.3. The second kappa shape index (κ2) is 4.88. The first-order chi connectivity index (χ1) is 8.50. The largest absolute Gasteiger partial charge is 0.369 e. The number of β-lactam (4-membered cyclic amide) rings is 1. The molecule has 0 aliphatic carbocycles. The summed E-state index contributed by atoms with van der Waals surface area (Å²) in [5, 5.41) is 0. The Morgan fingerprint density at radius 3 is 2.78 bits per heavy atom. The van der Waals surface area contributed by atoms with E-state index in [1.807, 2.05) is 13.8 Å². The first-order valence-corrected chi connectivity index (χ1v) is 6.05. The molecule has 18 heavy (non-hydrogen) atoms. The average Bonchev–Trinajstić information content (AvgIpc) is 2.66. The highest BCUT2D eigenvalue weighted by Crippen LogP contribution is 2.33. The molecule has 2 aliphatic rings. The van der Waals surface area contributed by atoms with Crippen molar-refractivity contribution in [1.82, 2.24) is 4.90 Å². The van der Waals surface area contributed by atoms with E-state index in [0.717, 1.165) is 0 Å². The van der Waals surface area contributed by atoms with Crippen molar-refractivity contribution in [3.63, 3.8) is 0 Å². The molecule has 2 saturated heterocycles. The molecule has 0 radical (unpaired) electrons. The van der Waals surface area contributed by atoms with Crippen LogP contribution in [-0.2, 0) is 19.0 Å². The van der Waals surface area contributed by atoms with E-state index in [-0.39, 0.29) is 18.1 Å². The molecular weight excluding hydrogens is 234 g/mol. The Balaban J connectivity index is 2.07. The number of carbonyl (C=O) groups is 1. The number of nitrogens with zero attached hydrogens (tertiary/aromatic N) is 1. The molecule has 2 heterocycles. The van der Waals surface area contributed by atoms with Crippen LogP contribution in [0.25, 0.3) is 0 Å². The zero-order valence-corrected chi connectivity index (χ0v) is 11.2. The summed E-state index contributed by atoms with van der Waals surface area (Å²) in [4.78, 5) is 13.6. The van der Waals surface area contributed by atoms with Crippen LogP contribution in [0.5, 0.6) is 0 Å². The van der Waals surface area contributed by atoms with Gasteiger partial charge in [0.1, 0.15) is 6.10 Å². The second-order valence-corrected chi connectivity index (χ2v) is 4.91. The van der Waals surface area contributed by atoms with E-state index >= 15 is 0 Å². The van der Waals surface area contributed by atoms with E-state index in [2.05, 4.69) is 11.8 Å². The molecule has 0 saturated carbocycles. The van der Waals surface area contributed by atoms with Gasteiger partial charge in [0.2, 0.25) is 0 Å². The van der Waals surface area contributed by atoms with Crippen LogP contribution in [0.3, 0.4) is 0 Å². The highest BCUT2D eigenvalue weighted by atomic mass is 16.7. The molecule has 0 spiro atoms. The number of hydrogen-bond acceptors (Lipinski definition) is 4. The first kappa shape index (κ1) is 13.3. The van der Waals surface area contributed by atoms with E-state index in [4.69, 9.17) is 14.2 Å². The molecule has 0 aromatic heterocycles. The number of amides is 1. The quantitative estimate of drug-likeness (QED) is 0.539. The maximum absolute atomic E-state index is 11.9. The Morgan fingerprint density at radius 1 is 1.56 bits per heavy atom. The molecule has 0 aromatic carbocycles. The summed E-state index contributed by atoms with van der Waals surface area (Å²) >= 11 is 0. The van der Waals surface area contributed by atoms with Crippen molar-refractivity contribution in [2.24, 2.45) is 0 Å². The van der Waals surface area contributed by atoms with Gasteiger partial charge in [-0.05, 0) is 20.8 Å². The number of methoxy groups -OCH3 is 1. The minimum absolute atomic E-state index is 0.0291. The standard InChI is InChI=1S/C13H19NO4/c1-5-6-7-14-10(11(16-4)12(14)15)9-8-17-13(2,3)18-9/h9-11H,7-8H2,1-4H3/t9-,10+,11-/m1/s1. The normalized spacial score (nSPS) is 33.9. The van der Waals surface area contributed by atoms with Crippen molar-refractivity contribution < 1.29 is 19.0 Å². The predicted molar refractivity (Wildman–Crippen MR) is 64.7 cm³/mol. The van der Waals surface area contributed by atoms with Gasteiger partial charge in [-0.3, -0.25) is 4.79 Å². The SMILES string of the molecule is CC#CCN1C(=O)[C@H](OC)[C@@H]1[C@H]1COC(C)(C)O1. The topological polar surface area (TPSA) is 48.0 Å². The van der Waals surface area contributed by atoms with E-state index in [0.29, 0.717) is 13.2 Å². The molecule has 0 N–H and O–H groups in total. The molecule has 0 unspecified atom stereocenters. The van der Waals surface area contributed by atoms with Gasteiger partial charge in [-0.1, -0.05) is 5.92 Å². The van der Waals surface area contributed by atoms with Crippen LogP contribution < -0.4 is 0 Å². The van der Waals surface area contributed by atoms with Crippen LogP contribution in [-0.4, -0.2) is 55.1 Å². The number of likely N-dealkylation sites (tertiary alicyclic amines) is 1. The van der Waals surface area contributed by atoms with Crippen LogP contribution in [0.2, 0.25) is 0 Å². The lowest BCUT2D eigenvalue weighted by Crippen LogP contribution is -2.70. The fraction of sp³-hybridized carbons (Fsp3) is 0.769. The van der Waals surface area contributed by atoms with Gasteiger partial charge in [0.05, 0.1) is 19.2 Å². The van der Waals surface area contributed by atoms with Crippen LogP contribution in [0.4, 0.5) is 0 Å². The summed E-state index contributed by atoms with van der Waals surface area (Å²) in [7, 11) is 1.54. The van der Waals surface area contributed by atoms with Gasteiger partial charge >= 0.3 is 0 Å². The molecule has 3 atom stereocenters. The van der Waals surface area contributed by atoms with Gasteiger partial charge in [-0.15, -0.1) is 5.92 Å². The summed E-state index contributed by atoms with van der Waals surface area (Å²) < 4.78 is 16.6. The average molecular weight is 253 g/mol. The molecule has 5 heteroatoms. The third-order valence-corrected chi connectivity index (χ3v) is 3.29. The summed E-state index contributed by atoms with van der Waals surface area (Å²) in [5.74, 6) is 5.07. The Bertz CT molecular complexity index is 396. The molecule has 5 nitrogen and oxygen atoms in total. The fourth-order valence-electron chi connectivity index (χ4n) is 2.40. The molecule has 1 amide bonds. The highest BCUT2D eigenvalue weighted by molar-refractivity contribution is 5.89. The Kier molecular flexibility index (Phi) is 3.62. The van der Waals surface area contributed by atoms with E-state index in [9.17, 15) is 4.79 Å². The van der Waals surface area contributed by atoms with Crippen LogP contribution in [0.15, 0.2) is 0 Å². The highest BCUT2D eigenvalue weighted by Gasteiger charge is 2.54. The molecule has 0 aromatic rings. The third kappa shape index (κ3) is 2.24. The van der Waals surface area contributed by atoms with E-state index < -0.39 is 11.9 Å².